The van der Waals surface area contributed by atoms with Crippen molar-refractivity contribution in [3.8, 4) is 0 Å². The van der Waals surface area contributed by atoms with Gasteiger partial charge in [0, 0.05) is 25.7 Å². The smallest absolute Gasteiger partial charge is 0.320 e. The second kappa shape index (κ2) is 5.25. The van der Waals surface area contributed by atoms with Gasteiger partial charge in [0.1, 0.15) is 0 Å². The van der Waals surface area contributed by atoms with Gasteiger partial charge in [0.2, 0.25) is 0 Å². The first-order valence-corrected chi connectivity index (χ1v) is 6.47. The van der Waals surface area contributed by atoms with E-state index in [-0.39, 0.29) is 11.6 Å². The van der Waals surface area contributed by atoms with Gasteiger partial charge in [0.05, 0.1) is 6.04 Å². The minimum absolute atomic E-state index is 0.0246. The minimum atomic E-state index is -0.0246. The van der Waals surface area contributed by atoms with Crippen molar-refractivity contribution < 1.29 is 4.79 Å². The van der Waals surface area contributed by atoms with Gasteiger partial charge in [-0.05, 0) is 33.2 Å². The van der Waals surface area contributed by atoms with Crippen molar-refractivity contribution in [3.63, 3.8) is 0 Å². The molecule has 1 N–H and O–H groups in total. The first-order chi connectivity index (χ1) is 7.76. The maximum absolute atomic E-state index is 12.1. The van der Waals surface area contributed by atoms with Gasteiger partial charge in [0.15, 0.2) is 0 Å². The largest absolute Gasteiger partial charge is 0.323 e. The molecular weight excluding hydrogens is 214 g/mol. The Morgan fingerprint density at radius 3 is 2.53 bits per heavy atom. The van der Waals surface area contributed by atoms with Gasteiger partial charge in [0.25, 0.3) is 0 Å². The van der Waals surface area contributed by atoms with E-state index in [9.17, 15) is 4.79 Å². The quantitative estimate of drug-likeness (QED) is 0.796. The fraction of sp³-hybridized carbons (Fsp3) is 0.923. The number of likely N-dealkylation sites (N-methyl/N-ethyl adjacent to an activating group) is 2. The van der Waals surface area contributed by atoms with Crippen molar-refractivity contribution in [2.45, 2.75) is 45.7 Å². The third-order valence-corrected chi connectivity index (χ3v) is 3.56. The molecule has 0 saturated carbocycles. The lowest BCUT2D eigenvalue weighted by atomic mass is 10.0. The van der Waals surface area contributed by atoms with E-state index in [1.54, 1.807) is 0 Å². The van der Waals surface area contributed by atoms with Gasteiger partial charge in [-0.1, -0.05) is 13.8 Å². The molecular formula is C13H27N3O. The van der Waals surface area contributed by atoms with Crippen LogP contribution in [-0.4, -0.2) is 54.6 Å². The predicted octanol–water partition coefficient (Wildman–Crippen LogP) is 1.77. The number of hydrogen-bond donors (Lipinski definition) is 1. The molecule has 0 aromatic heterocycles. The van der Waals surface area contributed by atoms with Crippen LogP contribution in [0.4, 0.5) is 4.79 Å². The average Bonchev–Trinajstić information content (AvgIpc) is 2.46. The molecule has 1 unspecified atom stereocenters. The first kappa shape index (κ1) is 14.3. The molecule has 1 saturated heterocycles. The summed E-state index contributed by atoms with van der Waals surface area (Å²) in [6.07, 6.45) is 1.08. The van der Waals surface area contributed by atoms with Gasteiger partial charge < -0.3 is 15.1 Å². The molecule has 1 rings (SSSR count). The van der Waals surface area contributed by atoms with E-state index in [4.69, 9.17) is 0 Å². The number of nitrogens with one attached hydrogen (secondary N) is 1. The van der Waals surface area contributed by atoms with Crippen LogP contribution >= 0.6 is 0 Å². The van der Waals surface area contributed by atoms with Crippen LogP contribution in [-0.2, 0) is 0 Å². The number of rotatable bonds is 5. The fourth-order valence-electron chi connectivity index (χ4n) is 2.30. The van der Waals surface area contributed by atoms with Crippen molar-refractivity contribution in [2.24, 2.45) is 5.92 Å². The number of carbonyl (C=O) groups is 1. The molecule has 1 atom stereocenters. The van der Waals surface area contributed by atoms with Crippen LogP contribution in [0.2, 0.25) is 0 Å². The Kier molecular flexibility index (Phi) is 4.42. The van der Waals surface area contributed by atoms with Crippen LogP contribution < -0.4 is 5.32 Å². The Hall–Kier alpha value is -0.770. The van der Waals surface area contributed by atoms with Gasteiger partial charge in [-0.15, -0.1) is 0 Å². The van der Waals surface area contributed by atoms with Crippen LogP contribution in [0.3, 0.4) is 0 Å². The molecule has 4 nitrogen and oxygen atoms in total. The Morgan fingerprint density at radius 2 is 2.06 bits per heavy atom. The van der Waals surface area contributed by atoms with Crippen LogP contribution in [0.1, 0.15) is 34.1 Å². The lowest BCUT2D eigenvalue weighted by molar-refractivity contribution is 0.184. The summed E-state index contributed by atoms with van der Waals surface area (Å²) >= 11 is 0. The Labute approximate surface area is 105 Å². The first-order valence-electron chi connectivity index (χ1n) is 6.47. The number of nitrogens with zero attached hydrogens (tertiary/aromatic N) is 2. The summed E-state index contributed by atoms with van der Waals surface area (Å²) in [5.74, 6) is 0.632. The fourth-order valence-corrected chi connectivity index (χ4v) is 2.30. The van der Waals surface area contributed by atoms with Crippen molar-refractivity contribution in [2.75, 3.05) is 27.2 Å². The second-order valence-corrected chi connectivity index (χ2v) is 6.19. The molecule has 2 amide bonds. The third kappa shape index (κ3) is 3.60. The van der Waals surface area contributed by atoms with Gasteiger partial charge in [-0.3, -0.25) is 0 Å². The maximum atomic E-state index is 12.1. The SMILES string of the molecule is CNC(C)(C)CN1CC(CC(C)C)N(C)C1=O. The van der Waals surface area contributed by atoms with Crippen LogP contribution in [0.5, 0.6) is 0 Å². The van der Waals surface area contributed by atoms with Crippen molar-refractivity contribution >= 4 is 6.03 Å². The average molecular weight is 241 g/mol. The zero-order valence-corrected chi connectivity index (χ0v) is 12.1. The van der Waals surface area contributed by atoms with Gasteiger partial charge in [-0.25, -0.2) is 4.79 Å². The summed E-state index contributed by atoms with van der Waals surface area (Å²) < 4.78 is 0. The van der Waals surface area contributed by atoms with Gasteiger partial charge >= 0.3 is 6.03 Å². The van der Waals surface area contributed by atoms with E-state index in [1.807, 2.05) is 23.9 Å². The zero-order valence-electron chi connectivity index (χ0n) is 12.1. The summed E-state index contributed by atoms with van der Waals surface area (Å²) in [6, 6.07) is 0.536. The molecule has 0 spiro atoms. The van der Waals surface area contributed by atoms with Crippen LogP contribution in [0.25, 0.3) is 0 Å². The molecule has 0 radical (unpaired) electrons. The molecule has 1 aliphatic heterocycles. The lowest BCUT2D eigenvalue weighted by Crippen LogP contribution is -2.48. The summed E-state index contributed by atoms with van der Waals surface area (Å²) in [5.41, 5.74) is -0.0246. The van der Waals surface area contributed by atoms with E-state index in [0.717, 1.165) is 19.5 Å². The third-order valence-electron chi connectivity index (χ3n) is 3.56. The number of amides is 2. The Morgan fingerprint density at radius 1 is 1.47 bits per heavy atom. The molecule has 17 heavy (non-hydrogen) atoms. The van der Waals surface area contributed by atoms with E-state index in [0.29, 0.717) is 12.0 Å². The van der Waals surface area contributed by atoms with E-state index in [1.165, 1.54) is 0 Å². The van der Waals surface area contributed by atoms with Gasteiger partial charge in [-0.2, -0.15) is 0 Å². The molecule has 4 heteroatoms. The molecule has 100 valence electrons. The van der Waals surface area contributed by atoms with Crippen LogP contribution in [0.15, 0.2) is 0 Å². The highest BCUT2D eigenvalue weighted by Gasteiger charge is 2.36. The lowest BCUT2D eigenvalue weighted by Gasteiger charge is -2.29. The molecule has 0 aromatic carbocycles. The predicted molar refractivity (Wildman–Crippen MR) is 71.1 cm³/mol. The molecule has 1 aliphatic rings. The number of hydrogen-bond acceptors (Lipinski definition) is 2. The Bertz CT molecular complexity index is 276. The van der Waals surface area contributed by atoms with Crippen molar-refractivity contribution in [1.82, 2.24) is 15.1 Å². The molecule has 1 fully saturated rings. The second-order valence-electron chi connectivity index (χ2n) is 6.19. The zero-order chi connectivity index (χ0) is 13.2. The molecule has 0 aromatic rings. The normalized spacial score (nSPS) is 21.8. The summed E-state index contributed by atoms with van der Waals surface area (Å²) in [5, 5.41) is 3.25. The summed E-state index contributed by atoms with van der Waals surface area (Å²) in [6.45, 7) is 10.3. The van der Waals surface area contributed by atoms with Crippen molar-refractivity contribution in [3.05, 3.63) is 0 Å². The molecule has 0 bridgehead atoms. The Balaban J connectivity index is 2.62. The summed E-state index contributed by atoms with van der Waals surface area (Å²) in [4.78, 5) is 16.0. The maximum Gasteiger partial charge on any atom is 0.320 e. The summed E-state index contributed by atoms with van der Waals surface area (Å²) in [7, 11) is 3.86. The topological polar surface area (TPSA) is 35.6 Å². The monoisotopic (exact) mass is 241 g/mol. The van der Waals surface area contributed by atoms with E-state index >= 15 is 0 Å². The molecule has 1 heterocycles. The minimum Gasteiger partial charge on any atom is -0.323 e. The highest BCUT2D eigenvalue weighted by Crippen LogP contribution is 2.21. The number of carbonyl (C=O) groups excluding carboxylic acids is 1. The number of urea groups is 1. The highest BCUT2D eigenvalue weighted by molar-refractivity contribution is 5.77. The van der Waals surface area contributed by atoms with Crippen LogP contribution in [0, 0.1) is 5.92 Å². The highest BCUT2D eigenvalue weighted by atomic mass is 16.2. The standard InChI is InChI=1S/C13H27N3O/c1-10(2)7-11-8-16(12(17)15(11)6)9-13(3,4)14-5/h10-11,14H,7-9H2,1-6H3. The van der Waals surface area contributed by atoms with E-state index in [2.05, 4.69) is 33.0 Å². The van der Waals surface area contributed by atoms with Crippen molar-refractivity contribution in [1.29, 1.82) is 0 Å². The van der Waals surface area contributed by atoms with E-state index < -0.39 is 0 Å². The molecule has 0 aliphatic carbocycles.